The van der Waals surface area contributed by atoms with Crippen LogP contribution in [0.2, 0.25) is 0 Å². The zero-order valence-corrected chi connectivity index (χ0v) is 33.3. The van der Waals surface area contributed by atoms with Crippen LogP contribution in [0.25, 0.3) is 0 Å². The van der Waals surface area contributed by atoms with Gasteiger partial charge in [0.05, 0.1) is 39.6 Å². The molecule has 4 heterocycles. The maximum atomic E-state index is 12.3. The molecule has 0 unspecified atom stereocenters. The van der Waals surface area contributed by atoms with Gasteiger partial charge in [0.1, 0.15) is 122 Å². The number of aliphatic hydroxyl groups is 16. The molecule has 28 heteroatoms. The highest BCUT2D eigenvalue weighted by Gasteiger charge is 2.56. The molecule has 0 saturated carbocycles. The Balaban J connectivity index is 1.55. The van der Waals surface area contributed by atoms with Crippen LogP contribution in [0.4, 0.5) is 0 Å². The number of nitrogens with one attached hydrogen (secondary N) is 2. The van der Waals surface area contributed by atoms with E-state index < -0.39 is 199 Å². The molecule has 4 aliphatic rings. The molecule has 0 radical (unpaired) electrons. The first-order valence-electron chi connectivity index (χ1n) is 19.5. The number of carbonyl (C=O) groups excluding carboxylic acids is 2. The highest BCUT2D eigenvalue weighted by molar-refractivity contribution is 5.73. The van der Waals surface area contributed by atoms with Crippen molar-refractivity contribution in [1.29, 1.82) is 0 Å². The second-order valence-electron chi connectivity index (χ2n) is 15.2. The smallest absolute Gasteiger partial charge is 0.217 e. The minimum Gasteiger partial charge on any atom is -0.394 e. The SMILES string of the molecule is CC(=O)N[C@H]1[C@H](O[C@H]2[C@@H](O)[C@@H](CO)O[C@@H](O[C@H]3[C@H](O)[C@@H](NC(C)=O)[C@H](OC[C@@H](O)[C@H](O)[C@H](O)[C@@H](O)CO)O[C@@H]3CO)[C@@H]2O)O[C@H](CO)[C@@H](O[C@@H]2O[C@H](CO)[C@H](O)[C@H](O)[C@H]2O)[C@@H]1O. The van der Waals surface area contributed by atoms with Gasteiger partial charge in [-0.05, 0) is 0 Å². The van der Waals surface area contributed by atoms with Crippen LogP contribution in [0, 0.1) is 0 Å². The number of hydrogen-bond acceptors (Lipinski definition) is 26. The lowest BCUT2D eigenvalue weighted by atomic mass is 9.94. The van der Waals surface area contributed by atoms with Crippen LogP contribution in [0.5, 0.6) is 0 Å². The van der Waals surface area contributed by atoms with Gasteiger partial charge >= 0.3 is 0 Å². The van der Waals surface area contributed by atoms with Crippen LogP contribution < -0.4 is 10.6 Å². The van der Waals surface area contributed by atoms with E-state index >= 15 is 0 Å². The third-order valence-corrected chi connectivity index (χ3v) is 10.7. The molecule has 0 spiro atoms. The summed E-state index contributed by atoms with van der Waals surface area (Å²) in [4.78, 5) is 24.5. The van der Waals surface area contributed by atoms with Crippen LogP contribution >= 0.6 is 0 Å². The van der Waals surface area contributed by atoms with Crippen LogP contribution in [-0.2, 0) is 47.5 Å². The zero-order chi connectivity index (χ0) is 46.3. The zero-order valence-electron chi connectivity index (χ0n) is 33.3. The summed E-state index contributed by atoms with van der Waals surface area (Å²) >= 11 is 0. The van der Waals surface area contributed by atoms with E-state index in [1.54, 1.807) is 0 Å². The van der Waals surface area contributed by atoms with Crippen molar-refractivity contribution in [2.45, 2.75) is 161 Å². The Morgan fingerprint density at radius 2 is 0.887 bits per heavy atom. The van der Waals surface area contributed by atoms with Crippen LogP contribution in [0.1, 0.15) is 13.8 Å². The van der Waals surface area contributed by atoms with E-state index in [9.17, 15) is 86.2 Å². The number of carbonyl (C=O) groups is 2. The molecular weight excluding hydrogens is 852 g/mol. The standard InChI is InChI=1S/C34H60N2O26/c1-9(42)35-17-23(50)28(15(6-40)58-31(17)55-8-12(45)20(47)19(46)11(44)3-37)61-34-27(54)30(22(49)14(5-39)57-34)62-32-18(36-10(2)43)24(51)29(16(7-41)59-32)60-33-26(53)25(52)21(48)13(4-38)56-33/h11-34,37-41,44-54H,3-8H2,1-2H3,(H,35,42)(H,36,43)/t11-,12+,13+,14+,15+,16+,17+,18+,19+,20-,21-,22-,23+,24+,25-,26+,27+,28+,29+,30-,31+,32-,33-,34-/m0/s1. The fourth-order valence-corrected chi connectivity index (χ4v) is 7.33. The third-order valence-electron chi connectivity index (χ3n) is 10.7. The fourth-order valence-electron chi connectivity index (χ4n) is 7.33. The van der Waals surface area contributed by atoms with Crippen molar-refractivity contribution in [1.82, 2.24) is 10.6 Å². The molecule has 0 aromatic rings. The maximum absolute atomic E-state index is 12.3. The van der Waals surface area contributed by atoms with Crippen LogP contribution in [0.15, 0.2) is 0 Å². The van der Waals surface area contributed by atoms with Gasteiger partial charge in [0.2, 0.25) is 11.8 Å². The number of amides is 2. The van der Waals surface area contributed by atoms with E-state index in [2.05, 4.69) is 10.6 Å². The largest absolute Gasteiger partial charge is 0.394 e. The molecule has 0 aromatic heterocycles. The third kappa shape index (κ3) is 12.1. The van der Waals surface area contributed by atoms with Crippen molar-refractivity contribution in [3.8, 4) is 0 Å². The molecule has 24 atom stereocenters. The molecular formula is C34H60N2O26. The van der Waals surface area contributed by atoms with Gasteiger partial charge < -0.3 is 130 Å². The second-order valence-corrected chi connectivity index (χ2v) is 15.2. The first-order chi connectivity index (χ1) is 29.2. The fraction of sp³-hybridized carbons (Fsp3) is 0.941. The Morgan fingerprint density at radius 3 is 1.35 bits per heavy atom. The summed E-state index contributed by atoms with van der Waals surface area (Å²) in [6.07, 6.45) is -40.7. The summed E-state index contributed by atoms with van der Waals surface area (Å²) in [6, 6.07) is -3.29. The number of rotatable bonds is 19. The van der Waals surface area contributed by atoms with Crippen molar-refractivity contribution < 1.29 is 129 Å². The Kier molecular flexibility index (Phi) is 19.9. The number of aliphatic hydroxyl groups excluding tert-OH is 16. The van der Waals surface area contributed by atoms with Gasteiger partial charge in [-0.15, -0.1) is 0 Å². The normalized spacial score (nSPS) is 43.6. The Labute approximate surface area is 352 Å². The van der Waals surface area contributed by atoms with Crippen molar-refractivity contribution in [2.75, 3.05) is 39.6 Å². The lowest BCUT2D eigenvalue weighted by Crippen LogP contribution is -2.70. The first kappa shape index (κ1) is 52.6. The van der Waals surface area contributed by atoms with Crippen molar-refractivity contribution >= 4 is 11.8 Å². The number of ether oxygens (including phenoxy) is 8. The molecule has 0 aliphatic carbocycles. The maximum Gasteiger partial charge on any atom is 0.217 e. The molecule has 2 amide bonds. The second kappa shape index (κ2) is 23.4. The van der Waals surface area contributed by atoms with Gasteiger partial charge in [0.25, 0.3) is 0 Å². The number of hydrogen-bond donors (Lipinski definition) is 18. The molecule has 362 valence electrons. The minimum absolute atomic E-state index is 0.772. The molecule has 4 aliphatic heterocycles. The van der Waals surface area contributed by atoms with Gasteiger partial charge in [-0.1, -0.05) is 0 Å². The minimum atomic E-state index is -2.14. The molecule has 62 heavy (non-hydrogen) atoms. The molecule has 4 saturated heterocycles. The van der Waals surface area contributed by atoms with E-state index in [-0.39, 0.29) is 0 Å². The van der Waals surface area contributed by atoms with Crippen molar-refractivity contribution in [3.63, 3.8) is 0 Å². The van der Waals surface area contributed by atoms with Gasteiger partial charge in [-0.2, -0.15) is 0 Å². The highest BCUT2D eigenvalue weighted by Crippen LogP contribution is 2.35. The average molecular weight is 913 g/mol. The van der Waals surface area contributed by atoms with Crippen molar-refractivity contribution in [3.05, 3.63) is 0 Å². The topological polar surface area (TPSA) is 456 Å². The Bertz CT molecular complexity index is 1390. The highest BCUT2D eigenvalue weighted by atomic mass is 16.8. The van der Waals surface area contributed by atoms with E-state index in [1.165, 1.54) is 0 Å². The average Bonchev–Trinajstić information content (AvgIpc) is 3.24. The summed E-state index contributed by atoms with van der Waals surface area (Å²) in [7, 11) is 0. The lowest BCUT2D eigenvalue weighted by molar-refractivity contribution is -0.378. The monoisotopic (exact) mass is 912 g/mol. The summed E-state index contributed by atoms with van der Waals surface area (Å²) in [5.41, 5.74) is 0. The van der Waals surface area contributed by atoms with Gasteiger partial charge in [-0.3, -0.25) is 9.59 Å². The van der Waals surface area contributed by atoms with Crippen molar-refractivity contribution in [2.24, 2.45) is 0 Å². The summed E-state index contributed by atoms with van der Waals surface area (Å²) in [6.45, 7) is -3.51. The summed E-state index contributed by atoms with van der Waals surface area (Å²) in [5.74, 6) is -1.57. The Hall–Kier alpha value is -2.02. The lowest BCUT2D eigenvalue weighted by Gasteiger charge is -2.50. The van der Waals surface area contributed by atoms with Crippen LogP contribution in [0.3, 0.4) is 0 Å². The predicted octanol–water partition coefficient (Wildman–Crippen LogP) is -12.0. The van der Waals surface area contributed by atoms with E-state index in [4.69, 9.17) is 43.0 Å². The molecule has 4 rings (SSSR count). The quantitative estimate of drug-likeness (QED) is 0.0572. The van der Waals surface area contributed by atoms with E-state index in [0.29, 0.717) is 0 Å². The molecule has 0 aromatic carbocycles. The Morgan fingerprint density at radius 1 is 0.484 bits per heavy atom. The predicted molar refractivity (Wildman–Crippen MR) is 192 cm³/mol. The van der Waals surface area contributed by atoms with E-state index in [0.717, 1.165) is 13.8 Å². The molecule has 0 bridgehead atoms. The van der Waals surface area contributed by atoms with Gasteiger partial charge in [-0.25, -0.2) is 0 Å². The van der Waals surface area contributed by atoms with E-state index in [1.807, 2.05) is 0 Å². The van der Waals surface area contributed by atoms with Crippen LogP contribution in [-0.4, -0.2) is 280 Å². The van der Waals surface area contributed by atoms with Gasteiger partial charge in [0.15, 0.2) is 25.2 Å². The molecule has 18 N–H and O–H groups in total. The summed E-state index contributed by atoms with van der Waals surface area (Å²) < 4.78 is 45.3. The molecule has 28 nitrogen and oxygen atoms in total. The van der Waals surface area contributed by atoms with Gasteiger partial charge in [0, 0.05) is 13.8 Å². The summed E-state index contributed by atoms with van der Waals surface area (Å²) in [5, 5.41) is 171. The molecule has 4 fully saturated rings. The first-order valence-corrected chi connectivity index (χ1v) is 19.5.